The standard InChI is InChI=1S/C21H19FN2O4/c22-16-4-1-14(2-5-16)11-19-23-24-20(28-19)21(7-9-25-10-8-21)15-3-6-17-18(12-15)27-13-26-17/h1-6,12H,7-11,13H2. The molecular weight excluding hydrogens is 363 g/mol. The summed E-state index contributed by atoms with van der Waals surface area (Å²) in [5.41, 5.74) is 1.55. The van der Waals surface area contributed by atoms with Gasteiger partial charge < -0.3 is 18.6 Å². The molecule has 1 aromatic heterocycles. The van der Waals surface area contributed by atoms with Crippen LogP contribution in [0.15, 0.2) is 46.9 Å². The number of benzene rings is 2. The fourth-order valence-electron chi connectivity index (χ4n) is 3.84. The van der Waals surface area contributed by atoms with Crippen molar-refractivity contribution >= 4 is 0 Å². The Kier molecular flexibility index (Phi) is 4.24. The van der Waals surface area contributed by atoms with Crippen LogP contribution in [0.3, 0.4) is 0 Å². The zero-order chi connectivity index (χ0) is 19.0. The quantitative estimate of drug-likeness (QED) is 0.687. The van der Waals surface area contributed by atoms with E-state index in [2.05, 4.69) is 10.2 Å². The minimum atomic E-state index is -0.423. The Morgan fingerprint density at radius 1 is 0.929 bits per heavy atom. The van der Waals surface area contributed by atoms with E-state index in [1.165, 1.54) is 12.1 Å². The first-order valence-corrected chi connectivity index (χ1v) is 9.28. The third-order valence-corrected chi connectivity index (χ3v) is 5.42. The van der Waals surface area contributed by atoms with Gasteiger partial charge in [-0.3, -0.25) is 0 Å². The van der Waals surface area contributed by atoms with E-state index in [0.29, 0.717) is 31.4 Å². The summed E-state index contributed by atoms with van der Waals surface area (Å²) in [7, 11) is 0. The lowest BCUT2D eigenvalue weighted by Gasteiger charge is -2.34. The Bertz CT molecular complexity index is 980. The van der Waals surface area contributed by atoms with Gasteiger partial charge in [-0.25, -0.2) is 4.39 Å². The molecule has 5 rings (SSSR count). The maximum Gasteiger partial charge on any atom is 0.231 e. The highest BCUT2D eigenvalue weighted by Crippen LogP contribution is 2.44. The largest absolute Gasteiger partial charge is 0.454 e. The van der Waals surface area contributed by atoms with E-state index in [4.69, 9.17) is 18.6 Å². The van der Waals surface area contributed by atoms with Crippen LogP contribution >= 0.6 is 0 Å². The summed E-state index contributed by atoms with van der Waals surface area (Å²) < 4.78 is 35.8. The highest BCUT2D eigenvalue weighted by Gasteiger charge is 2.42. The van der Waals surface area contributed by atoms with Gasteiger partial charge in [-0.2, -0.15) is 0 Å². The average molecular weight is 382 g/mol. The normalized spacial score (nSPS) is 17.6. The molecule has 1 fully saturated rings. The number of hydrogen-bond acceptors (Lipinski definition) is 6. The molecule has 0 saturated carbocycles. The fraction of sp³-hybridized carbons (Fsp3) is 0.333. The third-order valence-electron chi connectivity index (χ3n) is 5.42. The molecule has 0 bridgehead atoms. The molecule has 2 aromatic carbocycles. The number of nitrogens with zero attached hydrogens (tertiary/aromatic N) is 2. The summed E-state index contributed by atoms with van der Waals surface area (Å²) in [6.07, 6.45) is 1.94. The number of rotatable bonds is 4. The zero-order valence-electron chi connectivity index (χ0n) is 15.2. The molecule has 0 N–H and O–H groups in total. The highest BCUT2D eigenvalue weighted by molar-refractivity contribution is 5.48. The predicted molar refractivity (Wildman–Crippen MR) is 96.9 cm³/mol. The summed E-state index contributed by atoms with van der Waals surface area (Å²) in [4.78, 5) is 0. The first-order chi connectivity index (χ1) is 13.7. The minimum absolute atomic E-state index is 0.233. The van der Waals surface area contributed by atoms with Crippen molar-refractivity contribution in [2.24, 2.45) is 0 Å². The Morgan fingerprint density at radius 3 is 2.54 bits per heavy atom. The van der Waals surface area contributed by atoms with Crippen molar-refractivity contribution in [1.82, 2.24) is 10.2 Å². The zero-order valence-corrected chi connectivity index (χ0v) is 15.2. The van der Waals surface area contributed by atoms with Crippen LogP contribution in [0.2, 0.25) is 0 Å². The van der Waals surface area contributed by atoms with Crippen molar-refractivity contribution in [1.29, 1.82) is 0 Å². The molecule has 0 atom stereocenters. The molecule has 28 heavy (non-hydrogen) atoms. The van der Waals surface area contributed by atoms with Gasteiger partial charge in [0.05, 0.1) is 11.8 Å². The Labute approximate surface area is 161 Å². The first kappa shape index (κ1) is 17.2. The molecule has 3 heterocycles. The molecule has 6 nitrogen and oxygen atoms in total. The van der Waals surface area contributed by atoms with Gasteiger partial charge in [0.25, 0.3) is 0 Å². The average Bonchev–Trinajstić information content (AvgIpc) is 3.39. The summed E-state index contributed by atoms with van der Waals surface area (Å²) in [5.74, 6) is 2.29. The molecule has 0 unspecified atom stereocenters. The van der Waals surface area contributed by atoms with E-state index in [1.807, 2.05) is 18.2 Å². The van der Waals surface area contributed by atoms with Crippen molar-refractivity contribution in [3.05, 3.63) is 71.2 Å². The van der Waals surface area contributed by atoms with Crippen LogP contribution in [-0.2, 0) is 16.6 Å². The van der Waals surface area contributed by atoms with E-state index in [0.717, 1.165) is 35.5 Å². The smallest absolute Gasteiger partial charge is 0.231 e. The van der Waals surface area contributed by atoms with Crippen LogP contribution < -0.4 is 9.47 Å². The summed E-state index contributed by atoms with van der Waals surface area (Å²) in [5, 5.41) is 8.62. The fourth-order valence-corrected chi connectivity index (χ4v) is 3.84. The topological polar surface area (TPSA) is 66.6 Å². The van der Waals surface area contributed by atoms with Crippen molar-refractivity contribution in [2.45, 2.75) is 24.7 Å². The SMILES string of the molecule is Fc1ccc(Cc2nnc(C3(c4ccc5c(c4)OCO5)CCOCC3)o2)cc1. The number of hydrogen-bond donors (Lipinski definition) is 0. The predicted octanol–water partition coefficient (Wildman–Crippen LogP) is 3.62. The second-order valence-electron chi connectivity index (χ2n) is 7.07. The second-order valence-corrected chi connectivity index (χ2v) is 7.07. The van der Waals surface area contributed by atoms with Crippen LogP contribution in [0.5, 0.6) is 11.5 Å². The molecule has 144 valence electrons. The number of aromatic nitrogens is 2. The van der Waals surface area contributed by atoms with Crippen LogP contribution in [0, 0.1) is 5.82 Å². The van der Waals surface area contributed by atoms with Crippen LogP contribution in [0.1, 0.15) is 35.7 Å². The highest BCUT2D eigenvalue weighted by atomic mass is 19.1. The van der Waals surface area contributed by atoms with Gasteiger partial charge in [0.1, 0.15) is 5.82 Å². The van der Waals surface area contributed by atoms with E-state index >= 15 is 0 Å². The van der Waals surface area contributed by atoms with E-state index in [1.54, 1.807) is 12.1 Å². The first-order valence-electron chi connectivity index (χ1n) is 9.28. The van der Waals surface area contributed by atoms with Gasteiger partial charge in [-0.05, 0) is 48.2 Å². The summed E-state index contributed by atoms with van der Waals surface area (Å²) >= 11 is 0. The molecule has 0 radical (unpaired) electrons. The lowest BCUT2D eigenvalue weighted by atomic mass is 9.74. The van der Waals surface area contributed by atoms with Gasteiger partial charge in [0.2, 0.25) is 18.6 Å². The van der Waals surface area contributed by atoms with Crippen molar-refractivity contribution in [3.8, 4) is 11.5 Å². The van der Waals surface area contributed by atoms with Crippen molar-refractivity contribution < 1.29 is 23.0 Å². The summed E-state index contributed by atoms with van der Waals surface area (Å²) in [6.45, 7) is 1.46. The minimum Gasteiger partial charge on any atom is -0.454 e. The molecule has 1 saturated heterocycles. The molecular formula is C21H19FN2O4. The van der Waals surface area contributed by atoms with Crippen LogP contribution in [0.4, 0.5) is 4.39 Å². The third kappa shape index (κ3) is 3.01. The van der Waals surface area contributed by atoms with Gasteiger partial charge in [0, 0.05) is 13.2 Å². The molecule has 0 spiro atoms. The van der Waals surface area contributed by atoms with E-state index in [-0.39, 0.29) is 12.6 Å². The van der Waals surface area contributed by atoms with Crippen molar-refractivity contribution in [2.75, 3.05) is 20.0 Å². The molecule has 0 aliphatic carbocycles. The molecule has 2 aliphatic heterocycles. The number of halogens is 1. The Balaban J connectivity index is 1.48. The second kappa shape index (κ2) is 6.91. The Hall–Kier alpha value is -2.93. The number of ether oxygens (including phenoxy) is 3. The van der Waals surface area contributed by atoms with Gasteiger partial charge in [-0.1, -0.05) is 18.2 Å². The number of fused-ring (bicyclic) bond motifs is 1. The molecule has 2 aliphatic rings. The monoisotopic (exact) mass is 382 g/mol. The van der Waals surface area contributed by atoms with Gasteiger partial charge in [0.15, 0.2) is 11.5 Å². The summed E-state index contributed by atoms with van der Waals surface area (Å²) in [6, 6.07) is 12.3. The lowest BCUT2D eigenvalue weighted by Crippen LogP contribution is -2.35. The lowest BCUT2D eigenvalue weighted by molar-refractivity contribution is 0.0540. The maximum absolute atomic E-state index is 13.1. The molecule has 7 heteroatoms. The van der Waals surface area contributed by atoms with Crippen LogP contribution in [-0.4, -0.2) is 30.2 Å². The van der Waals surface area contributed by atoms with Gasteiger partial charge >= 0.3 is 0 Å². The van der Waals surface area contributed by atoms with Crippen molar-refractivity contribution in [3.63, 3.8) is 0 Å². The maximum atomic E-state index is 13.1. The Morgan fingerprint density at radius 2 is 1.71 bits per heavy atom. The molecule has 0 amide bonds. The molecule has 3 aromatic rings. The van der Waals surface area contributed by atoms with Gasteiger partial charge in [-0.15, -0.1) is 10.2 Å². The van der Waals surface area contributed by atoms with E-state index < -0.39 is 5.41 Å². The van der Waals surface area contributed by atoms with E-state index in [9.17, 15) is 4.39 Å². The van der Waals surface area contributed by atoms with Crippen LogP contribution in [0.25, 0.3) is 0 Å².